The van der Waals surface area contributed by atoms with E-state index < -0.39 is 11.6 Å². The van der Waals surface area contributed by atoms with E-state index in [0.29, 0.717) is 18.3 Å². The van der Waals surface area contributed by atoms with E-state index in [-0.39, 0.29) is 12.4 Å². The molecular formula is C16H16F2N2O. The molecule has 0 saturated heterocycles. The van der Waals surface area contributed by atoms with Crippen LogP contribution >= 0.6 is 0 Å². The Morgan fingerprint density at radius 1 is 1.10 bits per heavy atom. The summed E-state index contributed by atoms with van der Waals surface area (Å²) in [6.07, 6.45) is 2.45. The standard InChI is InChI=1S/C16H16F2N2O/c17-14-5-2-6-15(16(14)18)21-10-13-4-1-3-12(20-13)9-19-11-7-8-11/h1-6,11,19H,7-10H2. The summed E-state index contributed by atoms with van der Waals surface area (Å²) in [5, 5.41) is 3.38. The van der Waals surface area contributed by atoms with Crippen molar-refractivity contribution in [3.05, 3.63) is 59.4 Å². The molecule has 2 aromatic rings. The second-order valence-electron chi connectivity index (χ2n) is 5.12. The molecule has 1 aromatic carbocycles. The Bertz CT molecular complexity index is 629. The molecule has 1 N–H and O–H groups in total. The molecule has 0 bridgehead atoms. The largest absolute Gasteiger partial charge is 0.484 e. The number of nitrogens with one attached hydrogen (secondary N) is 1. The van der Waals surface area contributed by atoms with Crippen molar-refractivity contribution < 1.29 is 13.5 Å². The molecule has 0 aliphatic heterocycles. The van der Waals surface area contributed by atoms with Crippen LogP contribution in [0.1, 0.15) is 24.2 Å². The van der Waals surface area contributed by atoms with Gasteiger partial charge in [-0.15, -0.1) is 0 Å². The first kappa shape index (κ1) is 13.9. The van der Waals surface area contributed by atoms with Crippen molar-refractivity contribution in [1.29, 1.82) is 0 Å². The average Bonchev–Trinajstić information content (AvgIpc) is 3.31. The third-order valence-corrected chi connectivity index (χ3v) is 3.31. The third-order valence-electron chi connectivity index (χ3n) is 3.31. The summed E-state index contributed by atoms with van der Waals surface area (Å²) in [5.74, 6) is -1.98. The molecule has 1 saturated carbocycles. The van der Waals surface area contributed by atoms with Crippen LogP contribution < -0.4 is 10.1 Å². The minimum atomic E-state index is -0.968. The quantitative estimate of drug-likeness (QED) is 0.887. The van der Waals surface area contributed by atoms with Gasteiger partial charge in [-0.2, -0.15) is 4.39 Å². The number of ether oxygens (including phenoxy) is 1. The molecule has 0 radical (unpaired) electrons. The van der Waals surface area contributed by atoms with Crippen molar-refractivity contribution in [3.63, 3.8) is 0 Å². The van der Waals surface area contributed by atoms with E-state index in [9.17, 15) is 8.78 Å². The van der Waals surface area contributed by atoms with Gasteiger partial charge in [0.05, 0.1) is 11.4 Å². The number of aromatic nitrogens is 1. The van der Waals surface area contributed by atoms with Crippen LogP contribution in [0.3, 0.4) is 0 Å². The number of halogens is 2. The monoisotopic (exact) mass is 290 g/mol. The third kappa shape index (κ3) is 3.76. The minimum absolute atomic E-state index is 0.0988. The first-order valence-corrected chi connectivity index (χ1v) is 6.97. The Morgan fingerprint density at radius 2 is 1.86 bits per heavy atom. The molecule has 1 aliphatic carbocycles. The number of benzene rings is 1. The van der Waals surface area contributed by atoms with Crippen LogP contribution in [0.5, 0.6) is 5.75 Å². The lowest BCUT2D eigenvalue weighted by Crippen LogP contribution is -2.16. The van der Waals surface area contributed by atoms with Gasteiger partial charge in [-0.1, -0.05) is 12.1 Å². The van der Waals surface area contributed by atoms with Crippen LogP contribution in [-0.4, -0.2) is 11.0 Å². The maximum Gasteiger partial charge on any atom is 0.200 e. The Kier molecular flexibility index (Phi) is 4.10. The van der Waals surface area contributed by atoms with Gasteiger partial charge in [-0.3, -0.25) is 4.98 Å². The molecule has 3 rings (SSSR count). The highest BCUT2D eigenvalue weighted by molar-refractivity contribution is 5.25. The second kappa shape index (κ2) is 6.18. The Hall–Kier alpha value is -2.01. The van der Waals surface area contributed by atoms with Crippen molar-refractivity contribution in [3.8, 4) is 5.75 Å². The van der Waals surface area contributed by atoms with Gasteiger partial charge in [0.1, 0.15) is 6.61 Å². The van der Waals surface area contributed by atoms with Gasteiger partial charge in [-0.25, -0.2) is 4.39 Å². The SMILES string of the molecule is Fc1cccc(OCc2cccc(CNC3CC3)n2)c1F. The highest BCUT2D eigenvalue weighted by atomic mass is 19.2. The fourth-order valence-electron chi connectivity index (χ4n) is 1.99. The average molecular weight is 290 g/mol. The first-order chi connectivity index (χ1) is 10.2. The zero-order valence-electron chi connectivity index (χ0n) is 11.5. The molecule has 1 heterocycles. The van der Waals surface area contributed by atoms with E-state index >= 15 is 0 Å². The van der Waals surface area contributed by atoms with E-state index in [1.165, 1.54) is 25.0 Å². The zero-order valence-corrected chi connectivity index (χ0v) is 11.5. The second-order valence-corrected chi connectivity index (χ2v) is 5.12. The normalized spacial score (nSPS) is 14.2. The summed E-state index contributed by atoms with van der Waals surface area (Å²) in [5.41, 5.74) is 1.61. The summed E-state index contributed by atoms with van der Waals surface area (Å²) in [6, 6.07) is 10.1. The van der Waals surface area contributed by atoms with Gasteiger partial charge in [0.2, 0.25) is 5.82 Å². The van der Waals surface area contributed by atoms with E-state index in [4.69, 9.17) is 4.74 Å². The summed E-state index contributed by atoms with van der Waals surface area (Å²) in [7, 11) is 0. The first-order valence-electron chi connectivity index (χ1n) is 6.97. The summed E-state index contributed by atoms with van der Waals surface area (Å²) < 4.78 is 31.8. The van der Waals surface area contributed by atoms with E-state index in [1.807, 2.05) is 12.1 Å². The molecular weight excluding hydrogens is 274 g/mol. The highest BCUT2D eigenvalue weighted by Gasteiger charge is 2.20. The van der Waals surface area contributed by atoms with Gasteiger partial charge >= 0.3 is 0 Å². The number of pyridine rings is 1. The molecule has 1 fully saturated rings. The molecule has 0 atom stereocenters. The number of rotatable bonds is 6. The lowest BCUT2D eigenvalue weighted by atomic mass is 10.3. The number of hydrogen-bond acceptors (Lipinski definition) is 3. The Labute approximate surface area is 122 Å². The molecule has 1 aromatic heterocycles. The highest BCUT2D eigenvalue weighted by Crippen LogP contribution is 2.20. The van der Waals surface area contributed by atoms with Crippen molar-refractivity contribution in [2.45, 2.75) is 32.0 Å². The Balaban J connectivity index is 1.61. The van der Waals surface area contributed by atoms with Crippen LogP contribution in [-0.2, 0) is 13.2 Å². The summed E-state index contributed by atoms with van der Waals surface area (Å²) in [6.45, 7) is 0.824. The summed E-state index contributed by atoms with van der Waals surface area (Å²) in [4.78, 5) is 4.44. The maximum atomic E-state index is 13.5. The molecule has 5 heteroatoms. The van der Waals surface area contributed by atoms with Crippen LogP contribution in [0.25, 0.3) is 0 Å². The number of hydrogen-bond donors (Lipinski definition) is 1. The van der Waals surface area contributed by atoms with Gasteiger partial charge in [-0.05, 0) is 37.1 Å². The van der Waals surface area contributed by atoms with Crippen LogP contribution in [0.4, 0.5) is 8.78 Å². The van der Waals surface area contributed by atoms with Crippen molar-refractivity contribution in [2.24, 2.45) is 0 Å². The van der Waals surface area contributed by atoms with Crippen LogP contribution in [0.2, 0.25) is 0 Å². The minimum Gasteiger partial charge on any atom is -0.484 e. The fourth-order valence-corrected chi connectivity index (χ4v) is 1.99. The lowest BCUT2D eigenvalue weighted by molar-refractivity contribution is 0.280. The predicted octanol–water partition coefficient (Wildman–Crippen LogP) is 3.19. The predicted molar refractivity (Wildman–Crippen MR) is 74.8 cm³/mol. The zero-order chi connectivity index (χ0) is 14.7. The van der Waals surface area contributed by atoms with Gasteiger partial charge in [0.15, 0.2) is 11.6 Å². The van der Waals surface area contributed by atoms with Gasteiger partial charge in [0.25, 0.3) is 0 Å². The van der Waals surface area contributed by atoms with Crippen molar-refractivity contribution in [2.75, 3.05) is 0 Å². The molecule has 21 heavy (non-hydrogen) atoms. The molecule has 3 nitrogen and oxygen atoms in total. The van der Waals surface area contributed by atoms with Gasteiger partial charge < -0.3 is 10.1 Å². The molecule has 0 amide bonds. The molecule has 0 unspecified atom stereocenters. The Morgan fingerprint density at radius 3 is 2.67 bits per heavy atom. The van der Waals surface area contributed by atoms with Crippen LogP contribution in [0.15, 0.2) is 36.4 Å². The molecule has 110 valence electrons. The lowest BCUT2D eigenvalue weighted by Gasteiger charge is -2.08. The molecule has 1 aliphatic rings. The van der Waals surface area contributed by atoms with Gasteiger partial charge in [0, 0.05) is 12.6 Å². The van der Waals surface area contributed by atoms with Crippen molar-refractivity contribution >= 4 is 0 Å². The van der Waals surface area contributed by atoms with E-state index in [0.717, 1.165) is 11.8 Å². The smallest absolute Gasteiger partial charge is 0.200 e. The van der Waals surface area contributed by atoms with Crippen LogP contribution in [0, 0.1) is 11.6 Å². The maximum absolute atomic E-state index is 13.5. The topological polar surface area (TPSA) is 34.1 Å². The number of nitrogens with zero attached hydrogens (tertiary/aromatic N) is 1. The van der Waals surface area contributed by atoms with Crippen molar-refractivity contribution in [1.82, 2.24) is 10.3 Å². The summed E-state index contributed by atoms with van der Waals surface area (Å²) >= 11 is 0. The molecule has 0 spiro atoms. The van der Waals surface area contributed by atoms with E-state index in [2.05, 4.69) is 10.3 Å². The van der Waals surface area contributed by atoms with E-state index in [1.54, 1.807) is 6.07 Å². The fraction of sp³-hybridized carbons (Fsp3) is 0.312.